The number of hydrogen-bond acceptors (Lipinski definition) is 4. The summed E-state index contributed by atoms with van der Waals surface area (Å²) in [7, 11) is 0. The molecule has 0 saturated heterocycles. The third kappa shape index (κ3) is 4.76. The first-order valence-electron chi connectivity index (χ1n) is 11.3. The average molecular weight is 458 g/mol. The lowest BCUT2D eigenvalue weighted by atomic mass is 9.99. The van der Waals surface area contributed by atoms with Gasteiger partial charge in [-0.25, -0.2) is 0 Å². The van der Waals surface area contributed by atoms with Crippen LogP contribution in [0.4, 0.5) is 11.4 Å². The van der Waals surface area contributed by atoms with Crippen molar-refractivity contribution in [3.63, 3.8) is 0 Å². The summed E-state index contributed by atoms with van der Waals surface area (Å²) in [5.41, 5.74) is 7.15. The summed E-state index contributed by atoms with van der Waals surface area (Å²) in [6.07, 6.45) is 0.868. The van der Waals surface area contributed by atoms with Crippen molar-refractivity contribution < 1.29 is 9.59 Å². The number of hydrogen-bond donors (Lipinski definition) is 2. The number of benzene rings is 3. The summed E-state index contributed by atoms with van der Waals surface area (Å²) >= 11 is 1.73. The van der Waals surface area contributed by atoms with E-state index in [-0.39, 0.29) is 17.9 Å². The van der Waals surface area contributed by atoms with Crippen LogP contribution in [0.5, 0.6) is 0 Å². The minimum Gasteiger partial charge on any atom is -0.371 e. The largest absolute Gasteiger partial charge is 0.371 e. The molecule has 168 valence electrons. The number of amides is 2. The van der Waals surface area contributed by atoms with Crippen LogP contribution < -0.4 is 10.6 Å². The Morgan fingerprint density at radius 1 is 1.03 bits per heavy atom. The molecule has 0 spiro atoms. The maximum absolute atomic E-state index is 13.1. The van der Waals surface area contributed by atoms with E-state index in [9.17, 15) is 9.59 Å². The number of carbonyl (C=O) groups excluding carboxylic acids is 2. The van der Waals surface area contributed by atoms with E-state index in [1.807, 2.05) is 29.2 Å². The Hall–Kier alpha value is -3.25. The van der Waals surface area contributed by atoms with Gasteiger partial charge < -0.3 is 15.5 Å². The van der Waals surface area contributed by atoms with E-state index in [2.05, 4.69) is 54.0 Å². The molecule has 0 aliphatic carbocycles. The van der Waals surface area contributed by atoms with Crippen LogP contribution in [0.1, 0.15) is 32.6 Å². The van der Waals surface area contributed by atoms with Crippen LogP contribution in [0.25, 0.3) is 0 Å². The van der Waals surface area contributed by atoms with Gasteiger partial charge >= 0.3 is 0 Å². The Kier molecular flexibility index (Phi) is 6.09. The number of aryl methyl sites for hydroxylation is 1. The van der Waals surface area contributed by atoms with Crippen molar-refractivity contribution in [1.82, 2.24) is 4.90 Å². The predicted molar refractivity (Wildman–Crippen MR) is 135 cm³/mol. The van der Waals surface area contributed by atoms with Crippen LogP contribution in [0.2, 0.25) is 0 Å². The first-order chi connectivity index (χ1) is 16.1. The molecule has 0 aromatic heterocycles. The van der Waals surface area contributed by atoms with Gasteiger partial charge in [-0.3, -0.25) is 9.59 Å². The van der Waals surface area contributed by atoms with Crippen LogP contribution in [-0.2, 0) is 23.5 Å². The van der Waals surface area contributed by atoms with Gasteiger partial charge in [-0.05, 0) is 48.2 Å². The summed E-state index contributed by atoms with van der Waals surface area (Å²) in [4.78, 5) is 27.7. The molecule has 5 rings (SSSR count). The van der Waals surface area contributed by atoms with Gasteiger partial charge in [0.25, 0.3) is 5.91 Å². The molecule has 0 radical (unpaired) electrons. The fourth-order valence-corrected chi connectivity index (χ4v) is 5.34. The Labute approximate surface area is 198 Å². The van der Waals surface area contributed by atoms with Gasteiger partial charge in [0.05, 0.1) is 11.4 Å². The monoisotopic (exact) mass is 457 g/mol. The number of carbonyl (C=O) groups is 2. The van der Waals surface area contributed by atoms with E-state index in [1.54, 1.807) is 17.8 Å². The lowest BCUT2D eigenvalue weighted by molar-refractivity contribution is -0.116. The van der Waals surface area contributed by atoms with E-state index < -0.39 is 0 Å². The second-order valence-corrected chi connectivity index (χ2v) is 9.72. The van der Waals surface area contributed by atoms with Gasteiger partial charge in [0.15, 0.2) is 0 Å². The zero-order chi connectivity index (χ0) is 22.8. The van der Waals surface area contributed by atoms with E-state index in [0.717, 1.165) is 17.9 Å². The zero-order valence-electron chi connectivity index (χ0n) is 18.6. The molecule has 2 N–H and O–H groups in total. The van der Waals surface area contributed by atoms with Gasteiger partial charge in [-0.1, -0.05) is 54.1 Å². The van der Waals surface area contributed by atoms with Gasteiger partial charge in [0, 0.05) is 30.2 Å². The molecule has 1 unspecified atom stereocenters. The van der Waals surface area contributed by atoms with Gasteiger partial charge in [-0.15, -0.1) is 0 Å². The molecule has 33 heavy (non-hydrogen) atoms. The van der Waals surface area contributed by atoms with E-state index in [0.29, 0.717) is 30.1 Å². The molecule has 2 aliphatic rings. The molecular weight excluding hydrogens is 430 g/mol. The summed E-state index contributed by atoms with van der Waals surface area (Å²) < 4.78 is 0. The average Bonchev–Trinajstić information content (AvgIpc) is 2.84. The Balaban J connectivity index is 1.22. The predicted octanol–water partition coefficient (Wildman–Crippen LogP) is 4.86. The maximum atomic E-state index is 13.1. The van der Waals surface area contributed by atoms with Gasteiger partial charge in [-0.2, -0.15) is 11.8 Å². The Morgan fingerprint density at radius 3 is 2.64 bits per heavy atom. The van der Waals surface area contributed by atoms with Gasteiger partial charge in [0.1, 0.15) is 6.04 Å². The number of anilines is 2. The number of rotatable bonds is 5. The third-order valence-electron chi connectivity index (χ3n) is 6.26. The van der Waals surface area contributed by atoms with Crippen molar-refractivity contribution in [3.8, 4) is 0 Å². The third-order valence-corrected chi connectivity index (χ3v) is 7.37. The lowest BCUT2D eigenvalue weighted by Crippen LogP contribution is -2.41. The normalized spacial score (nSPS) is 16.9. The molecular formula is C27H27N3O2S. The molecule has 5 nitrogen and oxygen atoms in total. The number of nitrogens with zero attached hydrogens (tertiary/aromatic N) is 1. The second-order valence-electron chi connectivity index (χ2n) is 8.69. The van der Waals surface area contributed by atoms with Gasteiger partial charge in [0.2, 0.25) is 5.91 Å². The van der Waals surface area contributed by atoms with Crippen molar-refractivity contribution in [3.05, 3.63) is 94.5 Å². The van der Waals surface area contributed by atoms with Crippen LogP contribution in [0.3, 0.4) is 0 Å². The van der Waals surface area contributed by atoms with E-state index in [1.165, 1.54) is 22.3 Å². The molecule has 2 heterocycles. The summed E-state index contributed by atoms with van der Waals surface area (Å²) in [6, 6.07) is 22.0. The standard InChI is InChI=1S/C27H27N3O2S/c1-18-6-8-19(9-7-18)16-33-17-25-26(31)29-24-14-21(10-11-23(24)28-25)27(32)30-13-12-20-4-2-3-5-22(20)15-30/h2-11,14,25,28H,12-13,15-17H2,1H3,(H,29,31). The van der Waals surface area contributed by atoms with Crippen LogP contribution in [0.15, 0.2) is 66.7 Å². The lowest BCUT2D eigenvalue weighted by Gasteiger charge is -2.30. The number of fused-ring (bicyclic) bond motifs is 2. The second kappa shape index (κ2) is 9.32. The molecule has 3 aromatic carbocycles. The minimum absolute atomic E-state index is 0.00247. The highest BCUT2D eigenvalue weighted by molar-refractivity contribution is 7.98. The summed E-state index contributed by atoms with van der Waals surface area (Å²) in [6.45, 7) is 3.41. The number of thioether (sulfide) groups is 1. The maximum Gasteiger partial charge on any atom is 0.254 e. The highest BCUT2D eigenvalue weighted by Gasteiger charge is 2.27. The van der Waals surface area contributed by atoms with Crippen LogP contribution in [0, 0.1) is 6.92 Å². The highest BCUT2D eigenvalue weighted by atomic mass is 32.2. The topological polar surface area (TPSA) is 61.4 Å². The van der Waals surface area contributed by atoms with Crippen molar-refractivity contribution in [2.45, 2.75) is 31.7 Å². The smallest absolute Gasteiger partial charge is 0.254 e. The molecule has 6 heteroatoms. The molecule has 0 bridgehead atoms. The number of nitrogens with one attached hydrogen (secondary N) is 2. The Bertz CT molecular complexity index is 1190. The van der Waals surface area contributed by atoms with Crippen molar-refractivity contribution in [2.75, 3.05) is 22.9 Å². The van der Waals surface area contributed by atoms with Crippen LogP contribution in [-0.4, -0.2) is 35.1 Å². The first-order valence-corrected chi connectivity index (χ1v) is 12.4. The summed E-state index contributed by atoms with van der Waals surface area (Å²) in [5, 5.41) is 6.34. The zero-order valence-corrected chi connectivity index (χ0v) is 19.5. The minimum atomic E-state index is -0.298. The van der Waals surface area contributed by atoms with Crippen LogP contribution >= 0.6 is 11.8 Å². The molecule has 1 atom stereocenters. The SMILES string of the molecule is Cc1ccc(CSCC2Nc3ccc(C(=O)N4CCc5ccccc5C4)cc3NC2=O)cc1. The Morgan fingerprint density at radius 2 is 1.82 bits per heavy atom. The van der Waals surface area contributed by atoms with E-state index >= 15 is 0 Å². The molecule has 2 amide bonds. The summed E-state index contributed by atoms with van der Waals surface area (Å²) in [5.74, 6) is 1.48. The van der Waals surface area contributed by atoms with E-state index in [4.69, 9.17) is 0 Å². The highest BCUT2D eigenvalue weighted by Crippen LogP contribution is 2.30. The van der Waals surface area contributed by atoms with Crippen molar-refractivity contribution >= 4 is 35.0 Å². The molecule has 2 aliphatic heterocycles. The molecule has 0 fully saturated rings. The molecule has 3 aromatic rings. The molecule has 0 saturated carbocycles. The first kappa shape index (κ1) is 21.6. The van der Waals surface area contributed by atoms with Crippen molar-refractivity contribution in [2.24, 2.45) is 0 Å². The fourth-order valence-electron chi connectivity index (χ4n) is 4.33. The quantitative estimate of drug-likeness (QED) is 0.574. The fraction of sp³-hybridized carbons (Fsp3) is 0.259. The van der Waals surface area contributed by atoms with Crippen molar-refractivity contribution in [1.29, 1.82) is 0 Å².